The zero-order chi connectivity index (χ0) is 22.7. The number of rotatable bonds is 6. The predicted octanol–water partition coefficient (Wildman–Crippen LogP) is 4.67. The van der Waals surface area contributed by atoms with Crippen LogP contribution >= 0.6 is 11.8 Å². The summed E-state index contributed by atoms with van der Waals surface area (Å²) in [5.41, 5.74) is 4.83. The number of hydrogen-bond acceptors (Lipinski definition) is 6. The fraction of sp³-hybridized carbons (Fsp3) is 0.174. The summed E-state index contributed by atoms with van der Waals surface area (Å²) in [7, 11) is 0. The first-order valence-electron chi connectivity index (χ1n) is 9.92. The van der Waals surface area contributed by atoms with Crippen LogP contribution in [0.25, 0.3) is 5.69 Å². The van der Waals surface area contributed by atoms with E-state index < -0.39 is 0 Å². The molecule has 0 saturated heterocycles. The lowest BCUT2D eigenvalue weighted by Crippen LogP contribution is -2.15. The van der Waals surface area contributed by atoms with Crippen LogP contribution in [0, 0.1) is 26.6 Å². The Bertz CT molecular complexity index is 1230. The van der Waals surface area contributed by atoms with Crippen LogP contribution in [0.5, 0.6) is 0 Å². The van der Waals surface area contributed by atoms with Crippen molar-refractivity contribution in [2.45, 2.75) is 31.7 Å². The first-order chi connectivity index (χ1) is 15.4. The van der Waals surface area contributed by atoms with Crippen molar-refractivity contribution in [3.63, 3.8) is 0 Å². The van der Waals surface area contributed by atoms with Crippen molar-refractivity contribution in [1.82, 2.24) is 25.0 Å². The molecule has 0 aliphatic rings. The number of thioether (sulfide) groups is 1. The smallest absolute Gasteiger partial charge is 0.278 e. The van der Waals surface area contributed by atoms with E-state index in [9.17, 15) is 9.18 Å². The number of carbonyl (C=O) groups excluding carboxylic acids is 1. The molecule has 0 aliphatic carbocycles. The van der Waals surface area contributed by atoms with Crippen molar-refractivity contribution in [2.24, 2.45) is 0 Å². The summed E-state index contributed by atoms with van der Waals surface area (Å²) >= 11 is 1.38. The van der Waals surface area contributed by atoms with Crippen LogP contribution in [0.1, 0.15) is 33.1 Å². The molecule has 0 saturated carbocycles. The highest BCUT2D eigenvalue weighted by molar-refractivity contribution is 7.98. The molecule has 0 aliphatic heterocycles. The van der Waals surface area contributed by atoms with E-state index in [4.69, 9.17) is 0 Å². The second-order valence-electron chi connectivity index (χ2n) is 7.32. The lowest BCUT2D eigenvalue weighted by Gasteiger charge is -2.09. The van der Waals surface area contributed by atoms with Crippen LogP contribution in [0.4, 0.5) is 10.1 Å². The van der Waals surface area contributed by atoms with E-state index in [1.54, 1.807) is 16.8 Å². The molecule has 4 rings (SSSR count). The van der Waals surface area contributed by atoms with E-state index in [1.807, 2.05) is 51.1 Å². The fourth-order valence-electron chi connectivity index (χ4n) is 3.12. The van der Waals surface area contributed by atoms with Crippen molar-refractivity contribution >= 4 is 23.4 Å². The van der Waals surface area contributed by atoms with E-state index in [2.05, 4.69) is 25.6 Å². The van der Waals surface area contributed by atoms with Gasteiger partial charge in [0.2, 0.25) is 0 Å². The van der Waals surface area contributed by atoms with Gasteiger partial charge in [-0.3, -0.25) is 4.79 Å². The van der Waals surface area contributed by atoms with Gasteiger partial charge in [0.1, 0.15) is 5.82 Å². The second-order valence-corrected chi connectivity index (χ2v) is 8.26. The van der Waals surface area contributed by atoms with Crippen molar-refractivity contribution in [3.8, 4) is 5.69 Å². The molecule has 0 radical (unpaired) electrons. The number of aromatic nitrogens is 5. The second kappa shape index (κ2) is 9.27. The summed E-state index contributed by atoms with van der Waals surface area (Å²) in [5, 5.41) is 11.8. The third-order valence-corrected chi connectivity index (χ3v) is 5.52. The number of nitrogens with one attached hydrogen (secondary N) is 1. The molecule has 7 nitrogen and oxygen atoms in total. The van der Waals surface area contributed by atoms with E-state index in [-0.39, 0.29) is 17.4 Å². The minimum Gasteiger partial charge on any atom is -0.321 e. The number of hydrogen-bond donors (Lipinski definition) is 1. The molecule has 2 aromatic heterocycles. The Kier molecular flexibility index (Phi) is 6.27. The summed E-state index contributed by atoms with van der Waals surface area (Å²) < 4.78 is 15.0. The highest BCUT2D eigenvalue weighted by atomic mass is 32.2. The number of nitrogens with zero attached hydrogens (tertiary/aromatic N) is 5. The van der Waals surface area contributed by atoms with Gasteiger partial charge in [0.15, 0.2) is 10.9 Å². The topological polar surface area (TPSA) is 85.6 Å². The molecule has 162 valence electrons. The highest BCUT2D eigenvalue weighted by Gasteiger charge is 2.22. The van der Waals surface area contributed by atoms with Crippen LogP contribution in [0.2, 0.25) is 0 Å². The summed E-state index contributed by atoms with van der Waals surface area (Å²) in [6.45, 7) is 5.79. The number of anilines is 1. The van der Waals surface area contributed by atoms with Crippen molar-refractivity contribution in [1.29, 1.82) is 0 Å². The Morgan fingerprint density at radius 3 is 2.31 bits per heavy atom. The van der Waals surface area contributed by atoms with Gasteiger partial charge in [0.25, 0.3) is 5.91 Å². The normalized spacial score (nSPS) is 10.9. The number of halogens is 1. The summed E-state index contributed by atoms with van der Waals surface area (Å²) in [6.07, 6.45) is 0. The van der Waals surface area contributed by atoms with E-state index in [0.29, 0.717) is 28.0 Å². The first-order valence-corrected chi connectivity index (χ1v) is 10.9. The lowest BCUT2D eigenvalue weighted by molar-refractivity contribution is 0.102. The van der Waals surface area contributed by atoms with E-state index in [0.717, 1.165) is 17.0 Å². The fourth-order valence-corrected chi connectivity index (χ4v) is 4.06. The maximum absolute atomic E-state index is 13.4. The standard InChI is InChI=1S/C23H21FN6OS/c1-14-4-8-18(9-5-14)27-22(31)21-20(13-32-23-25-15(2)12-16(3)26-23)30(29-28-21)19-10-6-17(24)7-11-19/h4-12H,13H2,1-3H3,(H,27,31). The third kappa shape index (κ3) is 5.00. The summed E-state index contributed by atoms with van der Waals surface area (Å²) in [4.78, 5) is 21.9. The molecular weight excluding hydrogens is 427 g/mol. The molecule has 9 heteroatoms. The summed E-state index contributed by atoms with van der Waals surface area (Å²) in [5.74, 6) is -0.380. The van der Waals surface area contributed by atoms with Crippen LogP contribution < -0.4 is 5.32 Å². The van der Waals surface area contributed by atoms with Gasteiger partial charge in [0, 0.05) is 22.8 Å². The van der Waals surface area contributed by atoms with Crippen molar-refractivity contribution < 1.29 is 9.18 Å². The number of amides is 1. The molecular formula is C23H21FN6OS. The molecule has 0 spiro atoms. The van der Waals surface area contributed by atoms with Crippen LogP contribution in [0.15, 0.2) is 59.8 Å². The average Bonchev–Trinajstić information content (AvgIpc) is 3.18. The van der Waals surface area contributed by atoms with Crippen LogP contribution in [-0.4, -0.2) is 30.9 Å². The quantitative estimate of drug-likeness (QED) is 0.341. The Labute approximate surface area is 189 Å². The van der Waals surface area contributed by atoms with Crippen molar-refractivity contribution in [3.05, 3.63) is 88.8 Å². The molecule has 0 atom stereocenters. The van der Waals surface area contributed by atoms with Gasteiger partial charge in [-0.15, -0.1) is 5.10 Å². The van der Waals surface area contributed by atoms with E-state index in [1.165, 1.54) is 23.9 Å². The minimum absolute atomic E-state index is 0.187. The van der Waals surface area contributed by atoms with Gasteiger partial charge < -0.3 is 5.32 Å². The first kappa shape index (κ1) is 21.6. The Morgan fingerprint density at radius 2 is 1.66 bits per heavy atom. The van der Waals surface area contributed by atoms with Gasteiger partial charge in [-0.1, -0.05) is 34.7 Å². The molecule has 2 aromatic carbocycles. The largest absolute Gasteiger partial charge is 0.321 e. The van der Waals surface area contributed by atoms with Crippen molar-refractivity contribution in [2.75, 3.05) is 5.32 Å². The maximum Gasteiger partial charge on any atom is 0.278 e. The Morgan fingerprint density at radius 1 is 1.00 bits per heavy atom. The number of carbonyl (C=O) groups is 1. The lowest BCUT2D eigenvalue weighted by atomic mass is 10.2. The van der Waals surface area contributed by atoms with Gasteiger partial charge >= 0.3 is 0 Å². The molecule has 32 heavy (non-hydrogen) atoms. The molecule has 1 amide bonds. The minimum atomic E-state index is -0.376. The SMILES string of the molecule is Cc1ccc(NC(=O)c2nnn(-c3ccc(F)cc3)c2CSc2nc(C)cc(C)n2)cc1. The molecule has 1 N–H and O–H groups in total. The molecule has 0 unspecified atom stereocenters. The molecule has 0 fully saturated rings. The average molecular weight is 449 g/mol. The van der Waals surface area contributed by atoms with E-state index >= 15 is 0 Å². The van der Waals surface area contributed by atoms with Gasteiger partial charge in [-0.25, -0.2) is 19.0 Å². The Balaban J connectivity index is 1.66. The van der Waals surface area contributed by atoms with Gasteiger partial charge in [0.05, 0.1) is 11.4 Å². The van der Waals surface area contributed by atoms with Gasteiger partial charge in [-0.05, 0) is 63.2 Å². The third-order valence-electron chi connectivity index (χ3n) is 4.66. The molecule has 2 heterocycles. The van der Waals surface area contributed by atoms with Crippen LogP contribution in [0.3, 0.4) is 0 Å². The highest BCUT2D eigenvalue weighted by Crippen LogP contribution is 2.24. The Hall–Kier alpha value is -3.59. The zero-order valence-electron chi connectivity index (χ0n) is 17.8. The summed E-state index contributed by atoms with van der Waals surface area (Å²) in [6, 6.07) is 15.2. The van der Waals surface area contributed by atoms with Crippen LogP contribution in [-0.2, 0) is 5.75 Å². The monoisotopic (exact) mass is 448 g/mol. The predicted molar refractivity (Wildman–Crippen MR) is 122 cm³/mol. The maximum atomic E-state index is 13.4. The van der Waals surface area contributed by atoms with Gasteiger partial charge in [-0.2, -0.15) is 0 Å². The number of benzene rings is 2. The zero-order valence-corrected chi connectivity index (χ0v) is 18.7. The molecule has 4 aromatic rings. The molecule has 0 bridgehead atoms. The number of aryl methyl sites for hydroxylation is 3.